The van der Waals surface area contributed by atoms with Gasteiger partial charge in [-0.15, -0.1) is 0 Å². The van der Waals surface area contributed by atoms with E-state index in [2.05, 4.69) is 31.3 Å². The van der Waals surface area contributed by atoms with Crippen LogP contribution in [0.3, 0.4) is 0 Å². The van der Waals surface area contributed by atoms with Crippen LogP contribution in [-0.4, -0.2) is 17.7 Å². The van der Waals surface area contributed by atoms with E-state index < -0.39 is 0 Å². The summed E-state index contributed by atoms with van der Waals surface area (Å²) in [6.45, 7) is 5.81. The Labute approximate surface area is 181 Å². The van der Waals surface area contributed by atoms with Gasteiger partial charge in [0.15, 0.2) is 5.78 Å². The zero-order chi connectivity index (χ0) is 20.9. The molecule has 5 heteroatoms. The molecule has 6 atom stereocenters. The van der Waals surface area contributed by atoms with E-state index in [1.54, 1.807) is 13.0 Å². The average molecular weight is 430 g/mol. The standard InChI is InChI=1S/C24H25Cl2NO2/c1-12-10-19(18-9-6-16(14(3)28)11-20(18)26)23(15-4-7-17(25)8-5-15)22-13(2)27-24(29)21(12)22/h4-9,11-13,19,21-23H,10H2,1-3H3,(H,27,29)/t12-,13-,19+,21-,22-,23+/m1/s1. The van der Waals surface area contributed by atoms with E-state index in [9.17, 15) is 9.59 Å². The number of nitrogens with one attached hydrogen (secondary N) is 1. The number of ketones is 1. The number of halogens is 2. The van der Waals surface area contributed by atoms with Gasteiger partial charge >= 0.3 is 0 Å². The van der Waals surface area contributed by atoms with Crippen LogP contribution in [0.25, 0.3) is 0 Å². The van der Waals surface area contributed by atoms with Crippen LogP contribution in [0.15, 0.2) is 42.5 Å². The van der Waals surface area contributed by atoms with Gasteiger partial charge in [0.1, 0.15) is 0 Å². The van der Waals surface area contributed by atoms with E-state index in [1.807, 2.05) is 24.3 Å². The first-order valence-electron chi connectivity index (χ1n) is 10.1. The molecule has 29 heavy (non-hydrogen) atoms. The Hall–Kier alpha value is -1.84. The lowest BCUT2D eigenvalue weighted by molar-refractivity contribution is -0.125. The van der Waals surface area contributed by atoms with E-state index in [-0.39, 0.29) is 47.3 Å². The second kappa shape index (κ2) is 7.77. The minimum Gasteiger partial charge on any atom is -0.353 e. The van der Waals surface area contributed by atoms with Crippen molar-refractivity contribution in [2.75, 3.05) is 0 Å². The number of rotatable bonds is 3. The Kier molecular flexibility index (Phi) is 5.48. The third-order valence-corrected chi connectivity index (χ3v) is 7.39. The van der Waals surface area contributed by atoms with Crippen molar-refractivity contribution in [3.63, 3.8) is 0 Å². The molecular formula is C24H25Cl2NO2. The largest absolute Gasteiger partial charge is 0.353 e. The highest BCUT2D eigenvalue weighted by Gasteiger charge is 2.53. The predicted octanol–water partition coefficient (Wildman–Crippen LogP) is 5.85. The molecule has 1 aliphatic carbocycles. The molecule has 3 nitrogen and oxygen atoms in total. The number of hydrogen-bond acceptors (Lipinski definition) is 2. The fraction of sp³-hybridized carbons (Fsp3) is 0.417. The van der Waals surface area contributed by atoms with Crippen LogP contribution >= 0.6 is 23.2 Å². The summed E-state index contributed by atoms with van der Waals surface area (Å²) in [5.41, 5.74) is 2.85. The number of Topliss-reactive ketones (excluding diaryl/α,β-unsaturated/α-hetero) is 1. The van der Waals surface area contributed by atoms with Crippen LogP contribution in [-0.2, 0) is 4.79 Å². The van der Waals surface area contributed by atoms with Gasteiger partial charge in [0.2, 0.25) is 5.91 Å². The molecule has 1 saturated carbocycles. The van der Waals surface area contributed by atoms with Gasteiger partial charge in [0, 0.05) is 27.6 Å². The number of carbonyl (C=O) groups excluding carboxylic acids is 2. The molecule has 2 fully saturated rings. The molecule has 0 radical (unpaired) electrons. The zero-order valence-corrected chi connectivity index (χ0v) is 18.3. The van der Waals surface area contributed by atoms with Crippen molar-refractivity contribution in [3.8, 4) is 0 Å². The first-order chi connectivity index (χ1) is 13.8. The summed E-state index contributed by atoms with van der Waals surface area (Å²) in [5.74, 6) is 0.897. The molecule has 0 unspecified atom stereocenters. The van der Waals surface area contributed by atoms with Gasteiger partial charge in [-0.05, 0) is 73.3 Å². The molecular weight excluding hydrogens is 405 g/mol. The van der Waals surface area contributed by atoms with E-state index >= 15 is 0 Å². The molecule has 4 rings (SSSR count). The average Bonchev–Trinajstić information content (AvgIpc) is 2.97. The summed E-state index contributed by atoms with van der Waals surface area (Å²) in [6.07, 6.45) is 0.869. The third-order valence-electron chi connectivity index (χ3n) is 6.81. The monoisotopic (exact) mass is 429 g/mol. The number of benzene rings is 2. The minimum atomic E-state index is -0.00260. The Bertz CT molecular complexity index is 956. The summed E-state index contributed by atoms with van der Waals surface area (Å²) >= 11 is 12.8. The molecule has 152 valence electrons. The van der Waals surface area contributed by atoms with E-state index in [0.29, 0.717) is 15.6 Å². The van der Waals surface area contributed by atoms with Crippen LogP contribution in [0.4, 0.5) is 0 Å². The second-order valence-electron chi connectivity index (χ2n) is 8.59. The van der Waals surface area contributed by atoms with Crippen molar-refractivity contribution in [2.45, 2.75) is 45.1 Å². The van der Waals surface area contributed by atoms with Gasteiger partial charge in [-0.1, -0.05) is 54.4 Å². The molecule has 1 N–H and O–H groups in total. The van der Waals surface area contributed by atoms with Crippen molar-refractivity contribution >= 4 is 34.9 Å². The number of hydrogen-bond donors (Lipinski definition) is 1. The molecule has 2 aromatic carbocycles. The molecule has 1 heterocycles. The molecule has 0 bridgehead atoms. The van der Waals surface area contributed by atoms with Crippen LogP contribution in [0.2, 0.25) is 10.0 Å². The maximum atomic E-state index is 12.7. The van der Waals surface area contributed by atoms with Gasteiger partial charge in [-0.25, -0.2) is 0 Å². The first-order valence-corrected chi connectivity index (χ1v) is 10.9. The molecule has 2 aromatic rings. The summed E-state index contributed by atoms with van der Waals surface area (Å²) in [6, 6.07) is 13.7. The molecule has 0 aromatic heterocycles. The lowest BCUT2D eigenvalue weighted by Crippen LogP contribution is -2.39. The van der Waals surface area contributed by atoms with E-state index in [1.165, 1.54) is 5.56 Å². The third kappa shape index (κ3) is 3.60. The SMILES string of the molecule is CC(=O)c1ccc([C@@H]2C[C@@H](C)[C@H]3C(=O)N[C@H](C)[C@H]3[C@H]2c2ccc(Cl)cc2)c(Cl)c1. The van der Waals surface area contributed by atoms with Crippen LogP contribution < -0.4 is 5.32 Å². The van der Waals surface area contributed by atoms with Crippen molar-refractivity contribution in [1.82, 2.24) is 5.32 Å². The Balaban J connectivity index is 1.83. The smallest absolute Gasteiger partial charge is 0.223 e. The topological polar surface area (TPSA) is 46.2 Å². The molecule has 1 saturated heterocycles. The van der Waals surface area contributed by atoms with Crippen molar-refractivity contribution in [1.29, 1.82) is 0 Å². The van der Waals surface area contributed by atoms with Gasteiger partial charge < -0.3 is 5.32 Å². The maximum absolute atomic E-state index is 12.7. The predicted molar refractivity (Wildman–Crippen MR) is 117 cm³/mol. The van der Waals surface area contributed by atoms with Gasteiger partial charge in [0.25, 0.3) is 0 Å². The lowest BCUT2D eigenvalue weighted by Gasteiger charge is -2.44. The highest BCUT2D eigenvalue weighted by molar-refractivity contribution is 6.32. The van der Waals surface area contributed by atoms with Crippen molar-refractivity contribution in [2.24, 2.45) is 17.8 Å². The summed E-state index contributed by atoms with van der Waals surface area (Å²) in [7, 11) is 0. The second-order valence-corrected chi connectivity index (χ2v) is 9.43. The highest BCUT2D eigenvalue weighted by Crippen LogP contribution is 2.55. The van der Waals surface area contributed by atoms with Crippen LogP contribution in [0.1, 0.15) is 60.5 Å². The zero-order valence-electron chi connectivity index (χ0n) is 16.8. The Morgan fingerprint density at radius 2 is 1.72 bits per heavy atom. The minimum absolute atomic E-state index is 0.00260. The quantitative estimate of drug-likeness (QED) is 0.621. The van der Waals surface area contributed by atoms with Gasteiger partial charge in [0.05, 0.1) is 0 Å². The summed E-state index contributed by atoms with van der Waals surface area (Å²) < 4.78 is 0. The van der Waals surface area contributed by atoms with Gasteiger partial charge in [-0.2, -0.15) is 0 Å². The molecule has 1 aliphatic heterocycles. The van der Waals surface area contributed by atoms with Crippen LogP contribution in [0, 0.1) is 17.8 Å². The number of fused-ring (bicyclic) bond motifs is 1. The van der Waals surface area contributed by atoms with E-state index in [0.717, 1.165) is 12.0 Å². The highest BCUT2D eigenvalue weighted by atomic mass is 35.5. The fourth-order valence-electron chi connectivity index (χ4n) is 5.54. The Morgan fingerprint density at radius 3 is 2.34 bits per heavy atom. The molecule has 1 amide bonds. The molecule has 2 aliphatic rings. The first kappa shape index (κ1) is 20.4. The normalized spacial score (nSPS) is 31.3. The van der Waals surface area contributed by atoms with Crippen LogP contribution in [0.5, 0.6) is 0 Å². The lowest BCUT2D eigenvalue weighted by atomic mass is 9.58. The summed E-state index contributed by atoms with van der Waals surface area (Å²) in [5, 5.41) is 4.49. The van der Waals surface area contributed by atoms with Gasteiger partial charge in [-0.3, -0.25) is 9.59 Å². The summed E-state index contributed by atoms with van der Waals surface area (Å²) in [4.78, 5) is 24.5. The van der Waals surface area contributed by atoms with Crippen molar-refractivity contribution in [3.05, 3.63) is 69.2 Å². The van der Waals surface area contributed by atoms with Crippen molar-refractivity contribution < 1.29 is 9.59 Å². The number of amides is 1. The number of carbonyl (C=O) groups is 2. The fourth-order valence-corrected chi connectivity index (χ4v) is 5.99. The maximum Gasteiger partial charge on any atom is 0.223 e. The molecule has 0 spiro atoms. The Morgan fingerprint density at radius 1 is 1.03 bits per heavy atom. The van der Waals surface area contributed by atoms with E-state index in [4.69, 9.17) is 23.2 Å².